The molecule has 0 radical (unpaired) electrons. The summed E-state index contributed by atoms with van der Waals surface area (Å²) in [6.07, 6.45) is 9.63. The fraction of sp³-hybridized carbons (Fsp3) is 0.667. The molecule has 2 aliphatic heterocycles. The quantitative estimate of drug-likeness (QED) is 0.793. The normalized spacial score (nSPS) is 30.4. The van der Waals surface area contributed by atoms with Crippen LogP contribution in [0.15, 0.2) is 15.8 Å². The molecule has 4 heterocycles. The van der Waals surface area contributed by atoms with Crippen LogP contribution in [0.25, 0.3) is 0 Å². The Morgan fingerprint density at radius 3 is 2.89 bits per heavy atom. The van der Waals surface area contributed by atoms with E-state index in [-0.39, 0.29) is 12.1 Å². The average Bonchev–Trinajstić information content (AvgIpc) is 3.47. The first kappa shape index (κ1) is 16.8. The Morgan fingerprint density at radius 1 is 1.21 bits per heavy atom. The van der Waals surface area contributed by atoms with Crippen molar-refractivity contribution in [2.24, 2.45) is 11.0 Å². The van der Waals surface area contributed by atoms with Gasteiger partial charge in [-0.3, -0.25) is 14.9 Å². The van der Waals surface area contributed by atoms with Crippen LogP contribution in [-0.2, 0) is 5.60 Å². The second-order valence-electron chi connectivity index (χ2n) is 8.31. The maximum atomic E-state index is 10.8. The Bertz CT molecular complexity index is 948. The molecule has 2 aromatic rings. The monoisotopic (exact) mass is 403 g/mol. The average molecular weight is 404 g/mol. The van der Waals surface area contributed by atoms with Gasteiger partial charge < -0.3 is 9.63 Å². The third-order valence-corrected chi connectivity index (χ3v) is 7.04. The summed E-state index contributed by atoms with van der Waals surface area (Å²) in [6.45, 7) is 0. The highest BCUT2D eigenvalue weighted by atomic mass is 35.5. The molecule has 2 aromatic heterocycles. The summed E-state index contributed by atoms with van der Waals surface area (Å²) in [7, 11) is 0. The van der Waals surface area contributed by atoms with Crippen LogP contribution in [0.3, 0.4) is 0 Å². The minimum Gasteiger partial charge on any atom is -0.380 e. The first-order valence-corrected chi connectivity index (χ1v) is 10.5. The molecule has 4 aliphatic rings. The van der Waals surface area contributed by atoms with E-state index < -0.39 is 5.60 Å². The lowest BCUT2D eigenvalue weighted by Gasteiger charge is -2.45. The summed E-state index contributed by atoms with van der Waals surface area (Å²) < 4.78 is 7.57. The van der Waals surface area contributed by atoms with E-state index in [4.69, 9.17) is 16.1 Å². The predicted molar refractivity (Wildman–Crippen MR) is 101 cm³/mol. The number of fused-ring (bicyclic) bond motifs is 6. The van der Waals surface area contributed by atoms with Gasteiger partial charge in [-0.1, -0.05) is 18.0 Å². The van der Waals surface area contributed by atoms with E-state index in [1.54, 1.807) is 6.20 Å². The predicted octanol–water partition coefficient (Wildman–Crippen LogP) is 2.52. The molecule has 2 aliphatic carbocycles. The molecule has 0 saturated heterocycles. The number of aliphatic hydroxyl groups is 1. The molecule has 2 N–H and O–H groups in total. The standard InChI is InChI=1S/C18H22ClN7O2/c19-17-20-9-12-25(17)11-6-2-1-5-10(11)14-22-23-15(26(12)14)13-21-16(28-24-13)18(27)7-3-4-8-18/h9-11,14,22,27H,1-8H2. The molecule has 6 rings (SSSR count). The molecule has 148 valence electrons. The molecule has 28 heavy (non-hydrogen) atoms. The van der Waals surface area contributed by atoms with Crippen molar-refractivity contribution in [3.63, 3.8) is 0 Å². The third-order valence-electron chi connectivity index (χ3n) is 6.76. The molecular formula is C18H22ClN7O2. The van der Waals surface area contributed by atoms with Crippen LogP contribution in [-0.4, -0.2) is 36.8 Å². The Balaban J connectivity index is 1.40. The summed E-state index contributed by atoms with van der Waals surface area (Å²) in [6, 6.07) is 0.321. The minimum atomic E-state index is -1.02. The van der Waals surface area contributed by atoms with Crippen molar-refractivity contribution < 1.29 is 9.63 Å². The lowest BCUT2D eigenvalue weighted by Crippen LogP contribution is -2.54. The van der Waals surface area contributed by atoms with Gasteiger partial charge in [-0.2, -0.15) is 10.1 Å². The van der Waals surface area contributed by atoms with E-state index in [0.29, 0.717) is 41.7 Å². The highest BCUT2D eigenvalue weighted by Gasteiger charge is 2.49. The zero-order valence-corrected chi connectivity index (χ0v) is 16.1. The van der Waals surface area contributed by atoms with Gasteiger partial charge in [-0.15, -0.1) is 0 Å². The number of nitrogens with one attached hydrogen (secondary N) is 1. The van der Waals surface area contributed by atoms with Gasteiger partial charge in [-0.05, 0) is 50.1 Å². The van der Waals surface area contributed by atoms with Crippen LogP contribution in [0.1, 0.15) is 69.1 Å². The van der Waals surface area contributed by atoms with Crippen LogP contribution in [0.4, 0.5) is 5.82 Å². The Hall–Kier alpha value is -2.13. The molecule has 10 heteroatoms. The molecule has 2 fully saturated rings. The molecular weight excluding hydrogens is 382 g/mol. The van der Waals surface area contributed by atoms with E-state index in [1.807, 2.05) is 0 Å². The largest absolute Gasteiger partial charge is 0.380 e. The second kappa shape index (κ2) is 5.93. The number of rotatable bonds is 2. The highest BCUT2D eigenvalue weighted by molar-refractivity contribution is 6.28. The Kier molecular flexibility index (Phi) is 3.56. The van der Waals surface area contributed by atoms with Crippen LogP contribution < -0.4 is 10.3 Å². The van der Waals surface area contributed by atoms with Crippen molar-refractivity contribution >= 4 is 23.3 Å². The number of nitrogens with zero attached hydrogens (tertiary/aromatic N) is 6. The smallest absolute Gasteiger partial charge is 0.259 e. The SMILES string of the molecule is OC1(c2nc(C3=NNC4C5CCCCC5n5c(cnc5Cl)N34)no2)CCCC1. The summed E-state index contributed by atoms with van der Waals surface area (Å²) in [5, 5.41) is 20.0. The van der Waals surface area contributed by atoms with Gasteiger partial charge >= 0.3 is 0 Å². The van der Waals surface area contributed by atoms with Gasteiger partial charge in [0.15, 0.2) is 0 Å². The molecule has 0 aromatic carbocycles. The number of amidine groups is 1. The van der Waals surface area contributed by atoms with E-state index in [2.05, 4.69) is 35.1 Å². The third kappa shape index (κ3) is 2.23. The Morgan fingerprint density at radius 2 is 2.04 bits per heavy atom. The summed E-state index contributed by atoms with van der Waals surface area (Å²) in [4.78, 5) is 11.0. The van der Waals surface area contributed by atoms with Crippen molar-refractivity contribution in [1.29, 1.82) is 0 Å². The van der Waals surface area contributed by atoms with Gasteiger partial charge in [0.2, 0.25) is 16.9 Å². The molecule has 0 spiro atoms. The molecule has 3 atom stereocenters. The van der Waals surface area contributed by atoms with E-state index in [0.717, 1.165) is 31.5 Å². The van der Waals surface area contributed by atoms with Crippen LogP contribution in [0.5, 0.6) is 0 Å². The van der Waals surface area contributed by atoms with Gasteiger partial charge in [-0.25, -0.2) is 4.98 Å². The number of aromatic nitrogens is 4. The lowest BCUT2D eigenvalue weighted by atomic mass is 9.80. The Labute approximate surface area is 166 Å². The molecule has 0 amide bonds. The second-order valence-corrected chi connectivity index (χ2v) is 8.65. The van der Waals surface area contributed by atoms with Crippen molar-refractivity contribution in [3.05, 3.63) is 23.2 Å². The van der Waals surface area contributed by atoms with Crippen molar-refractivity contribution in [1.82, 2.24) is 25.1 Å². The summed E-state index contributed by atoms with van der Waals surface area (Å²) >= 11 is 6.45. The first-order chi connectivity index (χ1) is 13.7. The van der Waals surface area contributed by atoms with E-state index in [1.165, 1.54) is 12.8 Å². The molecule has 0 bridgehead atoms. The van der Waals surface area contributed by atoms with Gasteiger partial charge in [0.1, 0.15) is 17.6 Å². The number of imidazole rings is 1. The first-order valence-electron chi connectivity index (χ1n) is 10.1. The maximum absolute atomic E-state index is 10.8. The molecule has 9 nitrogen and oxygen atoms in total. The summed E-state index contributed by atoms with van der Waals surface area (Å²) in [5.74, 6) is 2.52. The van der Waals surface area contributed by atoms with Crippen LogP contribution in [0.2, 0.25) is 5.28 Å². The van der Waals surface area contributed by atoms with E-state index in [9.17, 15) is 5.11 Å². The van der Waals surface area contributed by atoms with Crippen molar-refractivity contribution in [2.45, 2.75) is 69.2 Å². The number of halogens is 1. The molecule has 2 saturated carbocycles. The summed E-state index contributed by atoms with van der Waals surface area (Å²) in [5.41, 5.74) is 2.28. The van der Waals surface area contributed by atoms with Crippen LogP contribution in [0, 0.1) is 5.92 Å². The van der Waals surface area contributed by atoms with Crippen molar-refractivity contribution in [2.75, 3.05) is 4.90 Å². The van der Waals surface area contributed by atoms with Crippen LogP contribution >= 0.6 is 11.6 Å². The minimum absolute atomic E-state index is 0.0251. The molecule has 3 unspecified atom stereocenters. The van der Waals surface area contributed by atoms with Crippen molar-refractivity contribution in [3.8, 4) is 0 Å². The number of hydrogen-bond donors (Lipinski definition) is 2. The van der Waals surface area contributed by atoms with Gasteiger partial charge in [0.25, 0.3) is 5.89 Å². The van der Waals surface area contributed by atoms with Gasteiger partial charge in [0.05, 0.1) is 6.20 Å². The number of hydrogen-bond acceptors (Lipinski definition) is 8. The fourth-order valence-corrected chi connectivity index (χ4v) is 5.65. The van der Waals surface area contributed by atoms with E-state index >= 15 is 0 Å². The lowest BCUT2D eigenvalue weighted by molar-refractivity contribution is 0.0112. The fourth-order valence-electron chi connectivity index (χ4n) is 5.39. The highest BCUT2D eigenvalue weighted by Crippen LogP contribution is 2.47. The topological polar surface area (TPSA) is 105 Å². The zero-order chi connectivity index (χ0) is 18.9. The maximum Gasteiger partial charge on any atom is 0.259 e. The number of hydrazone groups is 1. The zero-order valence-electron chi connectivity index (χ0n) is 15.4. The van der Waals surface area contributed by atoms with Gasteiger partial charge in [0, 0.05) is 12.0 Å². The number of anilines is 1.